The van der Waals surface area contributed by atoms with Crippen molar-refractivity contribution in [1.29, 1.82) is 0 Å². The predicted molar refractivity (Wildman–Crippen MR) is 102 cm³/mol. The van der Waals surface area contributed by atoms with Gasteiger partial charge in [0.15, 0.2) is 0 Å². The van der Waals surface area contributed by atoms with Gasteiger partial charge in [0.25, 0.3) is 0 Å². The number of sulfonamides is 1. The molecule has 0 saturated carbocycles. The number of nitrogens with one attached hydrogen (secondary N) is 2. The lowest BCUT2D eigenvalue weighted by molar-refractivity contribution is 0.252. The van der Waals surface area contributed by atoms with E-state index in [9.17, 15) is 13.2 Å². The fourth-order valence-electron chi connectivity index (χ4n) is 2.46. The van der Waals surface area contributed by atoms with Gasteiger partial charge < -0.3 is 10.6 Å². The van der Waals surface area contributed by atoms with Gasteiger partial charge in [-0.05, 0) is 42.3 Å². The van der Waals surface area contributed by atoms with Gasteiger partial charge in [-0.2, -0.15) is 5.10 Å². The minimum Gasteiger partial charge on any atom is -0.338 e. The molecule has 8 nitrogen and oxygen atoms in total. The quantitative estimate of drug-likeness (QED) is 0.600. The van der Waals surface area contributed by atoms with E-state index in [1.165, 1.54) is 18.2 Å². The van der Waals surface area contributed by atoms with Crippen LogP contribution in [0.15, 0.2) is 71.9 Å². The fraction of sp³-hybridized carbons (Fsp3) is 0.111. The van der Waals surface area contributed by atoms with Crippen LogP contribution in [0.5, 0.6) is 0 Å². The molecule has 0 spiro atoms. The Morgan fingerprint density at radius 2 is 1.89 bits per heavy atom. The Hall–Kier alpha value is -3.17. The zero-order chi connectivity index (χ0) is 19.3. The largest absolute Gasteiger partial charge is 0.338 e. The third-order valence-electron chi connectivity index (χ3n) is 3.78. The van der Waals surface area contributed by atoms with E-state index in [1.807, 2.05) is 36.5 Å². The number of carbonyl (C=O) groups excluding carboxylic acids is 1. The van der Waals surface area contributed by atoms with Crippen molar-refractivity contribution in [3.05, 3.63) is 72.6 Å². The maximum Gasteiger partial charge on any atom is 0.319 e. The number of hydrogen-bond acceptors (Lipinski definition) is 4. The fourth-order valence-corrected chi connectivity index (χ4v) is 3.02. The van der Waals surface area contributed by atoms with Gasteiger partial charge in [-0.1, -0.05) is 24.3 Å². The predicted octanol–water partition coefficient (Wildman–Crippen LogP) is 1.88. The number of benzene rings is 2. The number of aromatic nitrogens is 2. The first-order chi connectivity index (χ1) is 12.9. The number of para-hydroxylation sites is 1. The molecule has 3 rings (SSSR count). The second-order valence-corrected chi connectivity index (χ2v) is 7.39. The van der Waals surface area contributed by atoms with Crippen molar-refractivity contribution in [2.45, 2.75) is 11.3 Å². The van der Waals surface area contributed by atoms with Crippen molar-refractivity contribution >= 4 is 21.7 Å². The zero-order valence-corrected chi connectivity index (χ0v) is 15.2. The van der Waals surface area contributed by atoms with Gasteiger partial charge >= 0.3 is 6.03 Å². The zero-order valence-electron chi connectivity index (χ0n) is 14.4. The second-order valence-electron chi connectivity index (χ2n) is 5.83. The standard InChI is InChI=1S/C18H19N5O3S/c19-27(25,26)17-8-4-5-15(11-17)22-18(24)20-10-9-14-12-21-23(13-14)16-6-2-1-3-7-16/h1-8,11-13H,9-10H2,(H2,19,25,26)(H2,20,22,24). The van der Waals surface area contributed by atoms with Crippen molar-refractivity contribution in [3.63, 3.8) is 0 Å². The Morgan fingerprint density at radius 3 is 2.63 bits per heavy atom. The Balaban J connectivity index is 1.51. The summed E-state index contributed by atoms with van der Waals surface area (Å²) in [6.07, 6.45) is 4.27. The molecule has 0 radical (unpaired) electrons. The first-order valence-corrected chi connectivity index (χ1v) is 9.73. The molecule has 3 aromatic rings. The Labute approximate surface area is 157 Å². The highest BCUT2D eigenvalue weighted by molar-refractivity contribution is 7.89. The van der Waals surface area contributed by atoms with Crippen LogP contribution in [0.4, 0.5) is 10.5 Å². The molecule has 0 fully saturated rings. The number of hydrogen-bond donors (Lipinski definition) is 3. The second kappa shape index (κ2) is 8.02. The number of nitrogens with zero attached hydrogens (tertiary/aromatic N) is 2. The van der Waals surface area contributed by atoms with Gasteiger partial charge in [0.1, 0.15) is 0 Å². The SMILES string of the molecule is NS(=O)(=O)c1cccc(NC(=O)NCCc2cnn(-c3ccccc3)c2)c1. The summed E-state index contributed by atoms with van der Waals surface area (Å²) in [6, 6.07) is 15.1. The molecule has 27 heavy (non-hydrogen) atoms. The lowest BCUT2D eigenvalue weighted by Crippen LogP contribution is -2.30. The summed E-state index contributed by atoms with van der Waals surface area (Å²) in [7, 11) is -3.82. The van der Waals surface area contributed by atoms with Crippen LogP contribution in [0.25, 0.3) is 5.69 Å². The maximum absolute atomic E-state index is 12.0. The summed E-state index contributed by atoms with van der Waals surface area (Å²) in [5, 5.41) is 14.7. The summed E-state index contributed by atoms with van der Waals surface area (Å²) >= 11 is 0. The van der Waals surface area contributed by atoms with Crippen LogP contribution in [0.2, 0.25) is 0 Å². The van der Waals surface area contributed by atoms with Crippen molar-refractivity contribution in [2.75, 3.05) is 11.9 Å². The Morgan fingerprint density at radius 1 is 1.11 bits per heavy atom. The minimum absolute atomic E-state index is 0.0615. The van der Waals surface area contributed by atoms with Crippen LogP contribution in [0.3, 0.4) is 0 Å². The third-order valence-corrected chi connectivity index (χ3v) is 4.69. The molecule has 140 valence electrons. The number of urea groups is 1. The molecule has 0 atom stereocenters. The van der Waals surface area contributed by atoms with Gasteiger partial charge in [0.05, 0.1) is 16.8 Å². The number of primary sulfonamides is 1. The normalized spacial score (nSPS) is 11.1. The summed E-state index contributed by atoms with van der Waals surface area (Å²) in [4.78, 5) is 11.9. The summed E-state index contributed by atoms with van der Waals surface area (Å²) in [6.45, 7) is 0.404. The summed E-state index contributed by atoms with van der Waals surface area (Å²) < 4.78 is 24.5. The molecule has 0 saturated heterocycles. The number of rotatable bonds is 6. The van der Waals surface area contributed by atoms with E-state index < -0.39 is 16.1 Å². The number of anilines is 1. The van der Waals surface area contributed by atoms with Gasteiger partial charge in [0, 0.05) is 18.4 Å². The van der Waals surface area contributed by atoms with Crippen LogP contribution in [0.1, 0.15) is 5.56 Å². The van der Waals surface area contributed by atoms with E-state index in [-0.39, 0.29) is 4.90 Å². The minimum atomic E-state index is -3.82. The van der Waals surface area contributed by atoms with Crippen molar-refractivity contribution in [3.8, 4) is 5.69 Å². The first-order valence-electron chi connectivity index (χ1n) is 8.18. The molecular formula is C18H19N5O3S. The number of carbonyl (C=O) groups is 1. The van der Waals surface area contributed by atoms with Crippen molar-refractivity contribution < 1.29 is 13.2 Å². The van der Waals surface area contributed by atoms with Gasteiger partial charge in [-0.25, -0.2) is 23.0 Å². The topological polar surface area (TPSA) is 119 Å². The third kappa shape index (κ3) is 5.16. The summed E-state index contributed by atoms with van der Waals surface area (Å²) in [5.74, 6) is 0. The van der Waals surface area contributed by atoms with Crippen LogP contribution >= 0.6 is 0 Å². The average Bonchev–Trinajstić information content (AvgIpc) is 3.11. The molecule has 2 amide bonds. The molecule has 2 aromatic carbocycles. The van der Waals surface area contributed by atoms with Gasteiger partial charge in [-0.3, -0.25) is 0 Å². The lowest BCUT2D eigenvalue weighted by Gasteiger charge is -2.08. The highest BCUT2D eigenvalue weighted by Crippen LogP contribution is 2.14. The summed E-state index contributed by atoms with van der Waals surface area (Å²) in [5.41, 5.74) is 2.29. The van der Waals surface area contributed by atoms with Crippen LogP contribution in [0, 0.1) is 0 Å². The molecule has 1 aromatic heterocycles. The van der Waals surface area contributed by atoms with Crippen LogP contribution in [-0.2, 0) is 16.4 Å². The molecule has 0 unspecified atom stereocenters. The highest BCUT2D eigenvalue weighted by Gasteiger charge is 2.09. The molecular weight excluding hydrogens is 366 g/mol. The smallest absolute Gasteiger partial charge is 0.319 e. The molecule has 0 aliphatic carbocycles. The average molecular weight is 385 g/mol. The monoisotopic (exact) mass is 385 g/mol. The van der Waals surface area contributed by atoms with E-state index in [1.54, 1.807) is 16.9 Å². The van der Waals surface area contributed by atoms with E-state index in [2.05, 4.69) is 15.7 Å². The molecule has 0 aliphatic heterocycles. The first kappa shape index (κ1) is 18.6. The van der Waals surface area contributed by atoms with Crippen LogP contribution < -0.4 is 15.8 Å². The van der Waals surface area contributed by atoms with Crippen molar-refractivity contribution in [1.82, 2.24) is 15.1 Å². The maximum atomic E-state index is 12.0. The van der Waals surface area contributed by atoms with Gasteiger partial charge in [-0.15, -0.1) is 0 Å². The van der Waals surface area contributed by atoms with E-state index in [0.717, 1.165) is 11.3 Å². The van der Waals surface area contributed by atoms with E-state index in [0.29, 0.717) is 18.7 Å². The lowest BCUT2D eigenvalue weighted by atomic mass is 10.2. The number of nitrogens with two attached hydrogens (primary N) is 1. The molecule has 9 heteroatoms. The van der Waals surface area contributed by atoms with E-state index >= 15 is 0 Å². The van der Waals surface area contributed by atoms with Crippen molar-refractivity contribution in [2.24, 2.45) is 5.14 Å². The number of amides is 2. The van der Waals surface area contributed by atoms with Gasteiger partial charge in [0.2, 0.25) is 10.0 Å². The Bertz CT molecular complexity index is 1030. The Kier molecular flexibility index (Phi) is 5.53. The highest BCUT2D eigenvalue weighted by atomic mass is 32.2. The molecule has 1 heterocycles. The van der Waals surface area contributed by atoms with E-state index in [4.69, 9.17) is 5.14 Å². The molecule has 0 aliphatic rings. The molecule has 0 bridgehead atoms. The molecule has 4 N–H and O–H groups in total. The van der Waals surface area contributed by atoms with Crippen LogP contribution in [-0.4, -0.2) is 30.8 Å².